The van der Waals surface area contributed by atoms with Crippen molar-refractivity contribution in [1.29, 1.82) is 0 Å². The number of rotatable bonds is 6. The molecule has 0 aliphatic carbocycles. The molecule has 0 unspecified atom stereocenters. The molecule has 0 spiro atoms. The summed E-state index contributed by atoms with van der Waals surface area (Å²) >= 11 is 0. The minimum atomic E-state index is -4.51. The summed E-state index contributed by atoms with van der Waals surface area (Å²) in [6.07, 6.45) is -3.42. The number of hydrogen-bond donors (Lipinski definition) is 2. The maximum atomic E-state index is 14.1. The van der Waals surface area contributed by atoms with Gasteiger partial charge in [0.1, 0.15) is 24.5 Å². The van der Waals surface area contributed by atoms with E-state index >= 15 is 0 Å². The molecule has 1 saturated heterocycles. The first-order chi connectivity index (χ1) is 17.3. The number of aryl methyl sites for hydroxylation is 1. The average molecular weight is 536 g/mol. The summed E-state index contributed by atoms with van der Waals surface area (Å²) in [6, 6.07) is 6.95. The zero-order chi connectivity index (χ0) is 27.1. The standard InChI is InChI=1S/C26H33F3N5O2P/c1-15(2)34-6-8-37(35,9-7-34)24-13-21-22(14-23(24)36-5)32-17(4)33-25(21)31-16(3)18-10-19(26(27,28)29)12-20(30)11-18/h10-16H,6-9,30H2,1-5H3,(H,31,32,33)/t16-/m1/s1. The van der Waals surface area contributed by atoms with Crippen LogP contribution in [0.3, 0.4) is 0 Å². The lowest BCUT2D eigenvalue weighted by Gasteiger charge is -2.35. The van der Waals surface area contributed by atoms with Crippen LogP contribution in [0.5, 0.6) is 5.75 Å². The number of anilines is 2. The highest BCUT2D eigenvalue weighted by atomic mass is 31.2. The van der Waals surface area contributed by atoms with Gasteiger partial charge < -0.3 is 20.4 Å². The lowest BCUT2D eigenvalue weighted by molar-refractivity contribution is -0.137. The second kappa shape index (κ2) is 10.1. The number of ether oxygens (including phenoxy) is 1. The van der Waals surface area contributed by atoms with Crippen LogP contribution in [-0.2, 0) is 10.7 Å². The number of nitrogens with one attached hydrogen (secondary N) is 1. The minimum Gasteiger partial charge on any atom is -0.496 e. The minimum absolute atomic E-state index is 0.0278. The molecule has 1 aliphatic rings. The molecule has 1 atom stereocenters. The number of nitrogen functional groups attached to an aromatic ring is 1. The van der Waals surface area contributed by atoms with E-state index in [0.29, 0.717) is 57.5 Å². The van der Waals surface area contributed by atoms with Crippen molar-refractivity contribution in [2.45, 2.75) is 46.0 Å². The molecule has 2 heterocycles. The molecular formula is C26H33F3N5O2P. The van der Waals surface area contributed by atoms with Gasteiger partial charge in [-0.3, -0.25) is 4.90 Å². The highest BCUT2D eigenvalue weighted by molar-refractivity contribution is 7.72. The lowest BCUT2D eigenvalue weighted by atomic mass is 10.0. The van der Waals surface area contributed by atoms with E-state index in [1.165, 1.54) is 6.07 Å². The molecule has 200 valence electrons. The van der Waals surface area contributed by atoms with Crippen LogP contribution in [0.2, 0.25) is 0 Å². The highest BCUT2D eigenvalue weighted by Gasteiger charge is 2.35. The molecule has 0 saturated carbocycles. The predicted octanol–water partition coefficient (Wildman–Crippen LogP) is 5.43. The number of benzene rings is 2. The lowest BCUT2D eigenvalue weighted by Crippen LogP contribution is -2.41. The van der Waals surface area contributed by atoms with Crippen LogP contribution in [0.1, 0.15) is 43.8 Å². The van der Waals surface area contributed by atoms with Crippen molar-refractivity contribution < 1.29 is 22.5 Å². The van der Waals surface area contributed by atoms with Crippen LogP contribution in [-0.4, -0.2) is 53.4 Å². The summed E-state index contributed by atoms with van der Waals surface area (Å²) in [7, 11) is -1.20. The molecule has 0 radical (unpaired) electrons. The summed E-state index contributed by atoms with van der Waals surface area (Å²) in [4.78, 5) is 11.4. The zero-order valence-corrected chi connectivity index (χ0v) is 22.6. The third-order valence-corrected chi connectivity index (χ3v) is 10.0. The molecule has 3 N–H and O–H groups in total. The maximum Gasteiger partial charge on any atom is 0.416 e. The number of fused-ring (bicyclic) bond motifs is 1. The molecule has 4 rings (SSSR count). The Morgan fingerprint density at radius 3 is 2.35 bits per heavy atom. The fourth-order valence-electron chi connectivity index (χ4n) is 4.79. The van der Waals surface area contributed by atoms with Crippen molar-refractivity contribution in [2.75, 3.05) is 43.6 Å². The molecule has 1 aliphatic heterocycles. The summed E-state index contributed by atoms with van der Waals surface area (Å²) in [5.74, 6) is 1.45. The first-order valence-corrected chi connectivity index (χ1v) is 14.3. The molecular weight excluding hydrogens is 502 g/mol. The van der Waals surface area contributed by atoms with Crippen molar-refractivity contribution in [1.82, 2.24) is 14.9 Å². The molecule has 1 fully saturated rings. The van der Waals surface area contributed by atoms with Crippen LogP contribution in [0, 0.1) is 6.92 Å². The number of halogens is 3. The molecule has 0 bridgehead atoms. The predicted molar refractivity (Wildman–Crippen MR) is 142 cm³/mol. The van der Waals surface area contributed by atoms with Gasteiger partial charge in [-0.05, 0) is 57.5 Å². The molecule has 7 nitrogen and oxygen atoms in total. The topological polar surface area (TPSA) is 93.4 Å². The third-order valence-electron chi connectivity index (χ3n) is 6.93. The molecule has 3 aromatic rings. The van der Waals surface area contributed by atoms with E-state index in [9.17, 15) is 17.7 Å². The Bertz CT molecular complexity index is 1350. The van der Waals surface area contributed by atoms with Gasteiger partial charge in [-0.25, -0.2) is 9.97 Å². The van der Waals surface area contributed by atoms with Gasteiger partial charge in [-0.15, -0.1) is 0 Å². The van der Waals surface area contributed by atoms with Crippen molar-refractivity contribution in [3.8, 4) is 5.75 Å². The van der Waals surface area contributed by atoms with Gasteiger partial charge in [0.2, 0.25) is 0 Å². The summed E-state index contributed by atoms with van der Waals surface area (Å²) < 4.78 is 59.9. The van der Waals surface area contributed by atoms with E-state index in [1.807, 2.05) is 6.07 Å². The Kier molecular flexibility index (Phi) is 7.45. The Morgan fingerprint density at radius 2 is 1.76 bits per heavy atom. The van der Waals surface area contributed by atoms with Gasteiger partial charge in [-0.1, -0.05) is 0 Å². The number of nitrogens with zero attached hydrogens (tertiary/aromatic N) is 3. The van der Waals surface area contributed by atoms with E-state index in [-0.39, 0.29) is 5.69 Å². The fraction of sp³-hybridized carbons (Fsp3) is 0.462. The van der Waals surface area contributed by atoms with Crippen LogP contribution in [0.4, 0.5) is 24.7 Å². The van der Waals surface area contributed by atoms with Gasteiger partial charge in [0.15, 0.2) is 0 Å². The number of nitrogens with two attached hydrogens (primary N) is 1. The van der Waals surface area contributed by atoms with E-state index in [1.54, 1.807) is 27.0 Å². The number of alkyl halides is 3. The van der Waals surface area contributed by atoms with Crippen molar-refractivity contribution in [2.24, 2.45) is 0 Å². The molecule has 2 aromatic carbocycles. The normalized spacial score (nSPS) is 17.2. The SMILES string of the molecule is COc1cc2nc(C)nc(N[C@H](C)c3cc(N)cc(C(F)(F)F)c3)c2cc1P1(=O)CCN(C(C)C)CC1. The first-order valence-electron chi connectivity index (χ1n) is 12.2. The van der Waals surface area contributed by atoms with Crippen LogP contribution < -0.4 is 21.1 Å². The summed E-state index contributed by atoms with van der Waals surface area (Å²) in [5, 5.41) is 4.52. The fourth-order valence-corrected chi connectivity index (χ4v) is 7.58. The molecule has 37 heavy (non-hydrogen) atoms. The highest BCUT2D eigenvalue weighted by Crippen LogP contribution is 2.50. The summed E-state index contributed by atoms with van der Waals surface area (Å²) in [5.41, 5.74) is 5.97. The van der Waals surface area contributed by atoms with Crippen LogP contribution >= 0.6 is 7.14 Å². The van der Waals surface area contributed by atoms with E-state index in [2.05, 4.69) is 34.0 Å². The molecule has 11 heteroatoms. The second-order valence-electron chi connectivity index (χ2n) is 9.88. The zero-order valence-electron chi connectivity index (χ0n) is 21.7. The van der Waals surface area contributed by atoms with Crippen molar-refractivity contribution in [3.63, 3.8) is 0 Å². The van der Waals surface area contributed by atoms with Gasteiger partial charge in [0.05, 0.1) is 29.5 Å². The van der Waals surface area contributed by atoms with E-state index in [0.717, 1.165) is 25.2 Å². The average Bonchev–Trinajstić information content (AvgIpc) is 2.82. The summed E-state index contributed by atoms with van der Waals surface area (Å²) in [6.45, 7) is 9.21. The Labute approximate surface area is 215 Å². The van der Waals surface area contributed by atoms with Crippen molar-refractivity contribution in [3.05, 3.63) is 47.3 Å². The Morgan fingerprint density at radius 1 is 1.08 bits per heavy atom. The quantitative estimate of drug-likeness (QED) is 0.321. The van der Waals surface area contributed by atoms with Gasteiger partial charge in [-0.2, -0.15) is 13.2 Å². The van der Waals surface area contributed by atoms with Gasteiger partial charge >= 0.3 is 6.18 Å². The third kappa shape index (κ3) is 5.70. The van der Waals surface area contributed by atoms with Crippen molar-refractivity contribution >= 4 is 34.9 Å². The number of hydrogen-bond acceptors (Lipinski definition) is 7. The van der Waals surface area contributed by atoms with Crippen LogP contribution in [0.15, 0.2) is 30.3 Å². The molecule has 1 aromatic heterocycles. The first kappa shape index (κ1) is 27.2. The monoisotopic (exact) mass is 535 g/mol. The number of methoxy groups -OCH3 is 1. The largest absolute Gasteiger partial charge is 0.496 e. The van der Waals surface area contributed by atoms with Crippen LogP contribution in [0.25, 0.3) is 10.9 Å². The maximum absolute atomic E-state index is 14.1. The number of aromatic nitrogens is 2. The molecule has 0 amide bonds. The van der Waals surface area contributed by atoms with E-state index in [4.69, 9.17) is 10.5 Å². The smallest absolute Gasteiger partial charge is 0.416 e. The van der Waals surface area contributed by atoms with Gasteiger partial charge in [0, 0.05) is 48.6 Å². The second-order valence-corrected chi connectivity index (χ2v) is 13.0. The van der Waals surface area contributed by atoms with E-state index < -0.39 is 24.9 Å². The Hall–Kier alpha value is -2.84. The van der Waals surface area contributed by atoms with Gasteiger partial charge in [0.25, 0.3) is 0 Å². The Balaban J connectivity index is 1.75.